The predicted molar refractivity (Wildman–Crippen MR) is 79.9 cm³/mol. The minimum atomic E-state index is -0.224. The highest BCUT2D eigenvalue weighted by molar-refractivity contribution is 6.06. The number of methoxy groups -OCH3 is 2. The van der Waals surface area contributed by atoms with Gasteiger partial charge in [-0.15, -0.1) is 0 Å². The summed E-state index contributed by atoms with van der Waals surface area (Å²) >= 11 is 0. The lowest BCUT2D eigenvalue weighted by molar-refractivity contribution is 0.0511. The van der Waals surface area contributed by atoms with Gasteiger partial charge >= 0.3 is 0 Å². The molecule has 0 fully saturated rings. The highest BCUT2D eigenvalue weighted by atomic mass is 16.7. The molecular formula is C16H17NO4. The molecule has 0 aliphatic carbocycles. The minimum Gasteiger partial charge on any atom is -0.496 e. The number of para-hydroxylation sites is 1. The number of hydrogen-bond acceptors (Lipinski definition) is 4. The highest BCUT2D eigenvalue weighted by Crippen LogP contribution is 2.20. The number of nitrogens with one attached hydrogen (secondary N) is 1. The van der Waals surface area contributed by atoms with Crippen molar-refractivity contribution in [2.45, 2.75) is 0 Å². The van der Waals surface area contributed by atoms with E-state index in [0.717, 1.165) is 0 Å². The SMILES string of the molecule is COCOc1ccc(NC(=O)c2ccccc2OC)cc1. The van der Waals surface area contributed by atoms with Crippen LogP contribution in [0.25, 0.3) is 0 Å². The zero-order chi connectivity index (χ0) is 15.1. The molecule has 0 atom stereocenters. The Morgan fingerprint density at radius 1 is 1.05 bits per heavy atom. The fourth-order valence-electron chi connectivity index (χ4n) is 1.79. The highest BCUT2D eigenvalue weighted by Gasteiger charge is 2.11. The van der Waals surface area contributed by atoms with Crippen LogP contribution in [0.15, 0.2) is 48.5 Å². The van der Waals surface area contributed by atoms with E-state index in [1.165, 1.54) is 7.11 Å². The molecule has 1 N–H and O–H groups in total. The van der Waals surface area contributed by atoms with Crippen molar-refractivity contribution < 1.29 is 19.0 Å². The summed E-state index contributed by atoms with van der Waals surface area (Å²) in [6.07, 6.45) is 0. The van der Waals surface area contributed by atoms with E-state index in [-0.39, 0.29) is 12.7 Å². The summed E-state index contributed by atoms with van der Waals surface area (Å²) in [5.74, 6) is 0.986. The number of carbonyl (C=O) groups excluding carboxylic acids is 1. The molecule has 0 aliphatic rings. The molecule has 110 valence electrons. The van der Waals surface area contributed by atoms with Crippen molar-refractivity contribution in [1.29, 1.82) is 0 Å². The standard InChI is InChI=1S/C16H17NO4/c1-19-11-21-13-9-7-12(8-10-13)17-16(18)14-5-3-4-6-15(14)20-2/h3-10H,11H2,1-2H3,(H,17,18). The van der Waals surface area contributed by atoms with Crippen LogP contribution in [-0.2, 0) is 4.74 Å². The second-order valence-corrected chi connectivity index (χ2v) is 4.23. The van der Waals surface area contributed by atoms with E-state index in [9.17, 15) is 4.79 Å². The van der Waals surface area contributed by atoms with E-state index in [1.807, 2.05) is 6.07 Å². The van der Waals surface area contributed by atoms with Gasteiger partial charge in [0.1, 0.15) is 11.5 Å². The van der Waals surface area contributed by atoms with Gasteiger partial charge in [0.2, 0.25) is 0 Å². The summed E-state index contributed by atoms with van der Waals surface area (Å²) in [5, 5.41) is 2.81. The van der Waals surface area contributed by atoms with E-state index in [2.05, 4.69) is 5.32 Å². The Labute approximate surface area is 123 Å². The third-order valence-electron chi connectivity index (χ3n) is 2.81. The molecule has 1 amide bonds. The molecule has 0 radical (unpaired) electrons. The topological polar surface area (TPSA) is 56.8 Å². The number of benzene rings is 2. The third kappa shape index (κ3) is 3.97. The lowest BCUT2D eigenvalue weighted by atomic mass is 10.2. The average molecular weight is 287 g/mol. The van der Waals surface area contributed by atoms with E-state index in [4.69, 9.17) is 14.2 Å². The van der Waals surface area contributed by atoms with Crippen molar-refractivity contribution in [2.75, 3.05) is 26.3 Å². The van der Waals surface area contributed by atoms with E-state index in [1.54, 1.807) is 49.6 Å². The lowest BCUT2D eigenvalue weighted by Gasteiger charge is -2.10. The molecule has 0 aromatic heterocycles. The number of ether oxygens (including phenoxy) is 3. The van der Waals surface area contributed by atoms with E-state index in [0.29, 0.717) is 22.7 Å². The molecule has 5 heteroatoms. The molecule has 0 unspecified atom stereocenters. The summed E-state index contributed by atoms with van der Waals surface area (Å²) in [6.45, 7) is 0.187. The maximum atomic E-state index is 12.2. The van der Waals surface area contributed by atoms with Crippen molar-refractivity contribution in [3.8, 4) is 11.5 Å². The summed E-state index contributed by atoms with van der Waals surface area (Å²) in [4.78, 5) is 12.2. The predicted octanol–water partition coefficient (Wildman–Crippen LogP) is 2.93. The molecule has 0 saturated heterocycles. The fraction of sp³-hybridized carbons (Fsp3) is 0.188. The first-order valence-corrected chi connectivity index (χ1v) is 6.40. The van der Waals surface area contributed by atoms with Gasteiger partial charge in [-0.2, -0.15) is 0 Å². The summed E-state index contributed by atoms with van der Waals surface area (Å²) in [5.41, 5.74) is 1.16. The number of rotatable bonds is 6. The number of anilines is 1. The minimum absolute atomic E-state index is 0.187. The van der Waals surface area contributed by atoms with Crippen LogP contribution in [0.4, 0.5) is 5.69 Å². The third-order valence-corrected chi connectivity index (χ3v) is 2.81. The van der Waals surface area contributed by atoms with Crippen molar-refractivity contribution in [2.24, 2.45) is 0 Å². The first-order valence-electron chi connectivity index (χ1n) is 6.40. The average Bonchev–Trinajstić information content (AvgIpc) is 2.54. The van der Waals surface area contributed by atoms with Crippen molar-refractivity contribution >= 4 is 11.6 Å². The van der Waals surface area contributed by atoms with Gasteiger partial charge in [-0.25, -0.2) is 0 Å². The van der Waals surface area contributed by atoms with Crippen LogP contribution >= 0.6 is 0 Å². The Bertz CT molecular complexity index is 595. The Balaban J connectivity index is 2.05. The van der Waals surface area contributed by atoms with Crippen molar-refractivity contribution in [3.05, 3.63) is 54.1 Å². The smallest absolute Gasteiger partial charge is 0.259 e. The fourth-order valence-corrected chi connectivity index (χ4v) is 1.79. The molecule has 0 spiro atoms. The van der Waals surface area contributed by atoms with Gasteiger partial charge in [-0.1, -0.05) is 12.1 Å². The molecule has 0 heterocycles. The second-order valence-electron chi connectivity index (χ2n) is 4.23. The first kappa shape index (κ1) is 14.9. The van der Waals surface area contributed by atoms with E-state index < -0.39 is 0 Å². The van der Waals surface area contributed by atoms with Crippen LogP contribution in [0.1, 0.15) is 10.4 Å². The molecule has 2 aromatic carbocycles. The quantitative estimate of drug-likeness (QED) is 0.830. The number of carbonyl (C=O) groups is 1. The molecule has 21 heavy (non-hydrogen) atoms. The molecule has 0 bridgehead atoms. The first-order chi connectivity index (χ1) is 10.2. The van der Waals surface area contributed by atoms with Gasteiger partial charge in [0, 0.05) is 12.8 Å². The maximum Gasteiger partial charge on any atom is 0.259 e. The van der Waals surface area contributed by atoms with Crippen LogP contribution < -0.4 is 14.8 Å². The van der Waals surface area contributed by atoms with Gasteiger partial charge in [0.25, 0.3) is 5.91 Å². The normalized spacial score (nSPS) is 10.0. The van der Waals surface area contributed by atoms with Crippen LogP contribution in [-0.4, -0.2) is 26.9 Å². The maximum absolute atomic E-state index is 12.2. The number of amides is 1. The molecular weight excluding hydrogens is 270 g/mol. The number of hydrogen-bond donors (Lipinski definition) is 1. The molecule has 0 aliphatic heterocycles. The molecule has 2 aromatic rings. The molecule has 5 nitrogen and oxygen atoms in total. The van der Waals surface area contributed by atoms with E-state index >= 15 is 0 Å². The van der Waals surface area contributed by atoms with Crippen LogP contribution in [0, 0.1) is 0 Å². The van der Waals surface area contributed by atoms with Crippen molar-refractivity contribution in [3.63, 3.8) is 0 Å². The zero-order valence-electron chi connectivity index (χ0n) is 12.0. The van der Waals surface area contributed by atoms with Crippen molar-refractivity contribution in [1.82, 2.24) is 0 Å². The monoisotopic (exact) mass is 287 g/mol. The van der Waals surface area contributed by atoms with Gasteiger partial charge in [0.05, 0.1) is 12.7 Å². The van der Waals surface area contributed by atoms with Gasteiger partial charge < -0.3 is 19.5 Å². The second kappa shape index (κ2) is 7.31. The Kier molecular flexibility index (Phi) is 5.17. The summed E-state index contributed by atoms with van der Waals surface area (Å²) in [6, 6.07) is 14.1. The summed E-state index contributed by atoms with van der Waals surface area (Å²) in [7, 11) is 3.09. The zero-order valence-corrected chi connectivity index (χ0v) is 12.0. The van der Waals surface area contributed by atoms with Gasteiger partial charge in [0.15, 0.2) is 6.79 Å². The molecule has 0 saturated carbocycles. The Morgan fingerprint density at radius 2 is 1.76 bits per heavy atom. The largest absolute Gasteiger partial charge is 0.496 e. The summed E-state index contributed by atoms with van der Waals surface area (Å²) < 4.78 is 15.3. The van der Waals surface area contributed by atoms with Gasteiger partial charge in [-0.3, -0.25) is 4.79 Å². The Morgan fingerprint density at radius 3 is 2.43 bits per heavy atom. The Hall–Kier alpha value is -2.53. The van der Waals surface area contributed by atoms with Gasteiger partial charge in [-0.05, 0) is 36.4 Å². The lowest BCUT2D eigenvalue weighted by Crippen LogP contribution is -2.13. The van der Waals surface area contributed by atoms with Crippen LogP contribution in [0.5, 0.6) is 11.5 Å². The van der Waals surface area contributed by atoms with Crippen LogP contribution in [0.3, 0.4) is 0 Å². The molecule has 2 rings (SSSR count). The van der Waals surface area contributed by atoms with Crippen LogP contribution in [0.2, 0.25) is 0 Å².